The predicted octanol–water partition coefficient (Wildman–Crippen LogP) is 1.49. The zero-order valence-electron chi connectivity index (χ0n) is 16.6. The molecule has 1 saturated heterocycles. The molecule has 9 nitrogen and oxygen atoms in total. The highest BCUT2D eigenvalue weighted by atomic mass is 19.1. The van der Waals surface area contributed by atoms with Crippen LogP contribution in [0.3, 0.4) is 0 Å². The largest absolute Gasteiger partial charge is 0.369 e. The summed E-state index contributed by atoms with van der Waals surface area (Å²) in [7, 11) is 0. The van der Waals surface area contributed by atoms with Gasteiger partial charge >= 0.3 is 5.69 Å². The van der Waals surface area contributed by atoms with E-state index in [4.69, 9.17) is 0 Å². The number of carbonyl (C=O) groups excluding carboxylic acids is 1. The van der Waals surface area contributed by atoms with Crippen LogP contribution in [0.1, 0.15) is 11.4 Å². The molecule has 1 aliphatic rings. The zero-order valence-corrected chi connectivity index (χ0v) is 16.6. The van der Waals surface area contributed by atoms with Crippen LogP contribution in [0.5, 0.6) is 0 Å². The summed E-state index contributed by atoms with van der Waals surface area (Å²) in [5, 5.41) is 18.0. The fourth-order valence-corrected chi connectivity index (χ4v) is 3.53. The van der Waals surface area contributed by atoms with Crippen molar-refractivity contribution >= 4 is 17.3 Å². The third-order valence-electron chi connectivity index (χ3n) is 5.13. The van der Waals surface area contributed by atoms with Gasteiger partial charge in [-0.25, -0.2) is 4.39 Å². The Morgan fingerprint density at radius 1 is 1.21 bits per heavy atom. The molecule has 29 heavy (non-hydrogen) atoms. The molecule has 0 unspecified atom stereocenters. The van der Waals surface area contributed by atoms with E-state index in [2.05, 4.69) is 20.2 Å². The van der Waals surface area contributed by atoms with Crippen molar-refractivity contribution in [2.75, 3.05) is 44.2 Å². The lowest BCUT2D eigenvalue weighted by Crippen LogP contribution is -2.48. The number of rotatable bonds is 7. The van der Waals surface area contributed by atoms with Gasteiger partial charge in [-0.2, -0.15) is 5.10 Å². The van der Waals surface area contributed by atoms with Crippen LogP contribution in [0.4, 0.5) is 15.8 Å². The number of piperazine rings is 1. The molecule has 0 saturated carbocycles. The summed E-state index contributed by atoms with van der Waals surface area (Å²) in [6.45, 7) is 7.73. The summed E-state index contributed by atoms with van der Waals surface area (Å²) in [6.07, 6.45) is 0. The highest BCUT2D eigenvalue weighted by Crippen LogP contribution is 2.21. The average molecular weight is 404 g/mol. The van der Waals surface area contributed by atoms with Gasteiger partial charge in [0.05, 0.1) is 4.92 Å². The van der Waals surface area contributed by atoms with E-state index in [1.54, 1.807) is 26.0 Å². The van der Waals surface area contributed by atoms with Gasteiger partial charge in [0, 0.05) is 45.0 Å². The first-order valence-corrected chi connectivity index (χ1v) is 9.53. The van der Waals surface area contributed by atoms with Gasteiger partial charge in [-0.3, -0.25) is 24.5 Å². The van der Waals surface area contributed by atoms with Gasteiger partial charge in [0.25, 0.3) is 0 Å². The normalized spacial score (nSPS) is 14.8. The lowest BCUT2D eigenvalue weighted by molar-refractivity contribution is -0.386. The Balaban J connectivity index is 1.41. The first-order chi connectivity index (χ1) is 13.8. The van der Waals surface area contributed by atoms with Gasteiger partial charge in [-0.1, -0.05) is 0 Å². The minimum absolute atomic E-state index is 0.0428. The summed E-state index contributed by atoms with van der Waals surface area (Å²) in [5.41, 5.74) is 1.65. The summed E-state index contributed by atoms with van der Waals surface area (Å²) < 4.78 is 14.4. The number of nitrogens with zero attached hydrogens (tertiary/aromatic N) is 5. The second kappa shape index (κ2) is 8.99. The SMILES string of the molecule is Cc1nn(CC(=O)NCCN2CCN(c3ccc(F)cc3)CC2)c(C)c1[N+](=O)[O-]. The van der Waals surface area contributed by atoms with Crippen LogP contribution >= 0.6 is 0 Å². The van der Waals surface area contributed by atoms with Crippen molar-refractivity contribution in [1.29, 1.82) is 0 Å². The number of hydrogen-bond acceptors (Lipinski definition) is 6. The minimum Gasteiger partial charge on any atom is -0.369 e. The quantitative estimate of drug-likeness (QED) is 0.555. The third kappa shape index (κ3) is 5.08. The molecule has 0 aliphatic carbocycles. The van der Waals surface area contributed by atoms with Crippen LogP contribution < -0.4 is 10.2 Å². The van der Waals surface area contributed by atoms with Crippen molar-refractivity contribution in [3.05, 3.63) is 51.6 Å². The Hall–Kier alpha value is -3.01. The number of carbonyl (C=O) groups is 1. The lowest BCUT2D eigenvalue weighted by atomic mass is 10.2. The Kier molecular flexibility index (Phi) is 6.42. The summed E-state index contributed by atoms with van der Waals surface area (Å²) in [5.74, 6) is -0.464. The Morgan fingerprint density at radius 3 is 2.45 bits per heavy atom. The van der Waals surface area contributed by atoms with Crippen molar-refractivity contribution in [3.8, 4) is 0 Å². The Bertz CT molecular complexity index is 875. The average Bonchev–Trinajstić information content (AvgIpc) is 2.96. The van der Waals surface area contributed by atoms with E-state index in [-0.39, 0.29) is 24.0 Å². The fourth-order valence-electron chi connectivity index (χ4n) is 3.53. The molecule has 2 aromatic rings. The van der Waals surface area contributed by atoms with E-state index in [1.807, 2.05) is 0 Å². The second-order valence-electron chi connectivity index (χ2n) is 7.09. The maximum Gasteiger partial charge on any atom is 0.312 e. The van der Waals surface area contributed by atoms with E-state index >= 15 is 0 Å². The molecule has 0 radical (unpaired) electrons. The van der Waals surface area contributed by atoms with Gasteiger partial charge < -0.3 is 10.2 Å². The van der Waals surface area contributed by atoms with Crippen molar-refractivity contribution in [3.63, 3.8) is 0 Å². The van der Waals surface area contributed by atoms with Crippen LogP contribution in [-0.4, -0.2) is 64.8 Å². The smallest absolute Gasteiger partial charge is 0.312 e. The highest BCUT2D eigenvalue weighted by molar-refractivity contribution is 5.75. The highest BCUT2D eigenvalue weighted by Gasteiger charge is 2.23. The standard InChI is InChI=1S/C19H25FN6O3/c1-14-19(26(28)29)15(2)25(22-14)13-18(27)21-7-8-23-9-11-24(12-10-23)17-5-3-16(20)4-6-17/h3-6H,7-13H2,1-2H3,(H,21,27). The van der Waals surface area contributed by atoms with Gasteiger partial charge in [0.2, 0.25) is 5.91 Å². The number of amides is 1. The molecule has 0 bridgehead atoms. The lowest BCUT2D eigenvalue weighted by Gasteiger charge is -2.36. The number of aryl methyl sites for hydroxylation is 1. The molecule has 1 aromatic heterocycles. The second-order valence-corrected chi connectivity index (χ2v) is 7.09. The van der Waals surface area contributed by atoms with E-state index in [1.165, 1.54) is 16.8 Å². The van der Waals surface area contributed by atoms with Crippen molar-refractivity contribution < 1.29 is 14.1 Å². The van der Waals surface area contributed by atoms with Gasteiger partial charge in [-0.15, -0.1) is 0 Å². The van der Waals surface area contributed by atoms with Crippen LogP contribution in [0.25, 0.3) is 0 Å². The summed E-state index contributed by atoms with van der Waals surface area (Å²) in [6, 6.07) is 6.51. The van der Waals surface area contributed by atoms with Crippen LogP contribution in [0.15, 0.2) is 24.3 Å². The Labute approximate surface area is 168 Å². The number of halogens is 1. The molecule has 1 fully saturated rings. The molecule has 1 amide bonds. The first-order valence-electron chi connectivity index (χ1n) is 9.53. The molecule has 1 aromatic carbocycles. The molecule has 2 heterocycles. The molecular weight excluding hydrogens is 379 g/mol. The van der Waals surface area contributed by atoms with E-state index in [0.29, 0.717) is 17.9 Å². The van der Waals surface area contributed by atoms with Gasteiger partial charge in [0.1, 0.15) is 23.7 Å². The maximum absolute atomic E-state index is 13.0. The summed E-state index contributed by atoms with van der Waals surface area (Å²) in [4.78, 5) is 27.2. The van der Waals surface area contributed by atoms with E-state index < -0.39 is 4.92 Å². The van der Waals surface area contributed by atoms with Crippen molar-refractivity contribution in [2.24, 2.45) is 0 Å². The minimum atomic E-state index is -0.475. The topological polar surface area (TPSA) is 96.5 Å². The molecule has 10 heteroatoms. The maximum atomic E-state index is 13.0. The van der Waals surface area contributed by atoms with E-state index in [0.717, 1.165) is 38.4 Å². The first kappa shape index (κ1) is 20.7. The number of benzene rings is 1. The number of hydrogen-bond donors (Lipinski definition) is 1. The molecule has 1 N–H and O–H groups in total. The molecule has 0 spiro atoms. The van der Waals surface area contributed by atoms with Crippen molar-refractivity contribution in [1.82, 2.24) is 20.0 Å². The molecule has 156 valence electrons. The molecular formula is C19H25FN6O3. The summed E-state index contributed by atoms with van der Waals surface area (Å²) >= 11 is 0. The Morgan fingerprint density at radius 2 is 1.86 bits per heavy atom. The van der Waals surface area contributed by atoms with Gasteiger partial charge in [-0.05, 0) is 38.1 Å². The van der Waals surface area contributed by atoms with Crippen LogP contribution in [0.2, 0.25) is 0 Å². The predicted molar refractivity (Wildman–Crippen MR) is 106 cm³/mol. The van der Waals surface area contributed by atoms with Crippen LogP contribution in [-0.2, 0) is 11.3 Å². The molecule has 3 rings (SSSR count). The number of anilines is 1. The van der Waals surface area contributed by atoms with Crippen molar-refractivity contribution in [2.45, 2.75) is 20.4 Å². The number of nitrogens with one attached hydrogen (secondary N) is 1. The third-order valence-corrected chi connectivity index (χ3v) is 5.13. The molecule has 0 atom stereocenters. The number of nitro groups is 1. The monoisotopic (exact) mass is 404 g/mol. The number of aromatic nitrogens is 2. The molecule has 1 aliphatic heterocycles. The van der Waals surface area contributed by atoms with Gasteiger partial charge in [0.15, 0.2) is 0 Å². The van der Waals surface area contributed by atoms with E-state index in [9.17, 15) is 19.3 Å². The zero-order chi connectivity index (χ0) is 21.0. The van der Waals surface area contributed by atoms with Crippen LogP contribution in [0, 0.1) is 29.8 Å². The fraction of sp³-hybridized carbons (Fsp3) is 0.474.